The minimum atomic E-state index is -0.497. The molecule has 50 heavy (non-hydrogen) atoms. The van der Waals surface area contributed by atoms with E-state index in [0.717, 1.165) is 27.1 Å². The molecule has 1 aromatic heterocycles. The Balaban J connectivity index is 1.11. The van der Waals surface area contributed by atoms with Crippen LogP contribution in [0.25, 0.3) is 28.5 Å². The molecule has 0 unspecified atom stereocenters. The van der Waals surface area contributed by atoms with Crippen molar-refractivity contribution in [3.63, 3.8) is 0 Å². The Labute approximate surface area is 307 Å². The largest absolute Gasteiger partial charge is 0.321 e. The van der Waals surface area contributed by atoms with Gasteiger partial charge in [0.2, 0.25) is 5.91 Å². The summed E-state index contributed by atoms with van der Waals surface area (Å²) in [6.45, 7) is 0. The number of rotatable bonds is 11. The normalized spacial score (nSPS) is 11.1. The van der Waals surface area contributed by atoms with Crippen molar-refractivity contribution in [3.05, 3.63) is 160 Å². The van der Waals surface area contributed by atoms with Gasteiger partial charge in [-0.15, -0.1) is 23.1 Å². The van der Waals surface area contributed by atoms with E-state index in [-0.39, 0.29) is 17.4 Å². The molecule has 6 rings (SSSR count). The molecule has 3 N–H and O–H groups in total. The summed E-state index contributed by atoms with van der Waals surface area (Å²) in [6, 6.07) is 38.8. The van der Waals surface area contributed by atoms with Gasteiger partial charge < -0.3 is 16.0 Å². The van der Waals surface area contributed by atoms with Crippen LogP contribution in [0.3, 0.4) is 0 Å². The summed E-state index contributed by atoms with van der Waals surface area (Å²) >= 11 is 14.8. The van der Waals surface area contributed by atoms with Gasteiger partial charge in [0.25, 0.3) is 11.8 Å². The average Bonchev–Trinajstić information content (AvgIpc) is 3.61. The van der Waals surface area contributed by atoms with E-state index in [1.807, 2.05) is 78.2 Å². The van der Waals surface area contributed by atoms with Gasteiger partial charge in [-0.05, 0) is 65.2 Å². The molecule has 0 radical (unpaired) electrons. The molecule has 6 aromatic rings. The first-order valence-electron chi connectivity index (χ1n) is 15.3. The Morgan fingerprint density at radius 3 is 2.16 bits per heavy atom. The maximum absolute atomic E-state index is 13.6. The Morgan fingerprint density at radius 1 is 0.720 bits per heavy atom. The van der Waals surface area contributed by atoms with Crippen LogP contribution < -0.4 is 16.0 Å². The number of nitrogens with zero attached hydrogens (tertiary/aromatic N) is 1. The summed E-state index contributed by atoms with van der Waals surface area (Å²) in [6.07, 6.45) is 1.64. The molecule has 248 valence electrons. The second-order valence-electron chi connectivity index (χ2n) is 10.9. The first kappa shape index (κ1) is 34.7. The highest BCUT2D eigenvalue weighted by molar-refractivity contribution is 8.00. The van der Waals surface area contributed by atoms with E-state index in [1.165, 1.54) is 23.1 Å². The molecular weight excluding hydrogens is 707 g/mol. The van der Waals surface area contributed by atoms with Gasteiger partial charge >= 0.3 is 0 Å². The van der Waals surface area contributed by atoms with Crippen molar-refractivity contribution < 1.29 is 14.4 Å². The Hall–Kier alpha value is -5.19. The van der Waals surface area contributed by atoms with Crippen molar-refractivity contribution >= 4 is 80.9 Å². The number of benzene rings is 5. The van der Waals surface area contributed by atoms with E-state index in [9.17, 15) is 14.4 Å². The molecule has 7 nitrogen and oxygen atoms in total. The standard InChI is InChI=1S/C39H28Cl2N4O3S2/c40-32-19-18-29(21-33(32)41)35-23-50-39(44-35)45-36(46)24-49-31-13-7-12-30(22-31)42-38(48)34(43-37(47)28-10-5-2-6-11-28)20-25-14-16-27(17-15-25)26-8-3-1-4-9-26/h1-23H,24H2,(H,42,48)(H,43,47)(H,44,45,46)/b34-20+. The zero-order chi connectivity index (χ0) is 34.9. The van der Waals surface area contributed by atoms with Crippen molar-refractivity contribution in [3.8, 4) is 22.4 Å². The number of anilines is 2. The summed E-state index contributed by atoms with van der Waals surface area (Å²) in [7, 11) is 0. The number of thiazole rings is 1. The minimum absolute atomic E-state index is 0.0763. The van der Waals surface area contributed by atoms with Crippen LogP contribution in [-0.4, -0.2) is 28.5 Å². The fourth-order valence-corrected chi connectivity index (χ4v) is 6.59. The monoisotopic (exact) mass is 734 g/mol. The molecule has 0 aliphatic rings. The summed E-state index contributed by atoms with van der Waals surface area (Å²) in [4.78, 5) is 44.7. The molecular formula is C39H28Cl2N4O3S2. The predicted molar refractivity (Wildman–Crippen MR) is 206 cm³/mol. The van der Waals surface area contributed by atoms with Crippen LogP contribution in [0.4, 0.5) is 10.8 Å². The number of thioether (sulfide) groups is 1. The second kappa shape index (κ2) is 16.5. The van der Waals surface area contributed by atoms with Gasteiger partial charge in [0, 0.05) is 27.1 Å². The van der Waals surface area contributed by atoms with E-state index in [4.69, 9.17) is 23.2 Å². The molecule has 0 fully saturated rings. The zero-order valence-electron chi connectivity index (χ0n) is 26.2. The summed E-state index contributed by atoms with van der Waals surface area (Å²) < 4.78 is 0. The molecule has 0 bridgehead atoms. The maximum atomic E-state index is 13.6. The van der Waals surface area contributed by atoms with Crippen LogP contribution in [-0.2, 0) is 9.59 Å². The smallest absolute Gasteiger partial charge is 0.272 e. The van der Waals surface area contributed by atoms with Crippen molar-refractivity contribution in [1.29, 1.82) is 0 Å². The number of aromatic nitrogens is 1. The molecule has 0 saturated heterocycles. The summed E-state index contributed by atoms with van der Waals surface area (Å²) in [5, 5.41) is 11.7. The molecule has 3 amide bonds. The third kappa shape index (κ3) is 9.28. The highest BCUT2D eigenvalue weighted by Gasteiger charge is 2.16. The lowest BCUT2D eigenvalue weighted by molar-refractivity contribution is -0.114. The number of hydrogen-bond acceptors (Lipinski definition) is 6. The summed E-state index contributed by atoms with van der Waals surface area (Å²) in [5.74, 6) is -1.02. The van der Waals surface area contributed by atoms with E-state index >= 15 is 0 Å². The Morgan fingerprint density at radius 2 is 1.42 bits per heavy atom. The lowest BCUT2D eigenvalue weighted by Crippen LogP contribution is -2.30. The third-order valence-corrected chi connectivity index (χ3v) is 9.78. The quantitative estimate of drug-likeness (QED) is 0.0909. The zero-order valence-corrected chi connectivity index (χ0v) is 29.4. The Bertz CT molecular complexity index is 2170. The number of nitrogens with one attached hydrogen (secondary N) is 3. The molecule has 1 heterocycles. The number of amides is 3. The lowest BCUT2D eigenvalue weighted by Gasteiger charge is -2.12. The average molecular weight is 736 g/mol. The molecule has 0 aliphatic carbocycles. The van der Waals surface area contributed by atoms with E-state index in [2.05, 4.69) is 20.9 Å². The van der Waals surface area contributed by atoms with Crippen molar-refractivity contribution in [2.45, 2.75) is 4.90 Å². The van der Waals surface area contributed by atoms with Crippen LogP contribution in [0.15, 0.2) is 143 Å². The number of halogens is 2. The molecule has 0 saturated carbocycles. The Kier molecular flexibility index (Phi) is 11.4. The fraction of sp³-hybridized carbons (Fsp3) is 0.0256. The van der Waals surface area contributed by atoms with Crippen LogP contribution in [0.5, 0.6) is 0 Å². The van der Waals surface area contributed by atoms with E-state index in [0.29, 0.717) is 32.1 Å². The summed E-state index contributed by atoms with van der Waals surface area (Å²) in [5.41, 5.74) is 5.32. The fourth-order valence-electron chi connectivity index (χ4n) is 4.80. The van der Waals surface area contributed by atoms with Crippen LogP contribution in [0, 0.1) is 0 Å². The van der Waals surface area contributed by atoms with Gasteiger partial charge in [-0.25, -0.2) is 4.98 Å². The van der Waals surface area contributed by atoms with E-state index in [1.54, 1.807) is 60.7 Å². The molecule has 11 heteroatoms. The van der Waals surface area contributed by atoms with Crippen molar-refractivity contribution in [1.82, 2.24) is 10.3 Å². The second-order valence-corrected chi connectivity index (χ2v) is 13.6. The van der Waals surface area contributed by atoms with Gasteiger partial charge in [0.15, 0.2) is 5.13 Å². The number of carbonyl (C=O) groups excluding carboxylic acids is 3. The van der Waals surface area contributed by atoms with Crippen LogP contribution in [0.2, 0.25) is 10.0 Å². The van der Waals surface area contributed by atoms with Gasteiger partial charge in [-0.1, -0.05) is 108 Å². The third-order valence-electron chi connectivity index (χ3n) is 7.29. The first-order valence-corrected chi connectivity index (χ1v) is 17.9. The topological polar surface area (TPSA) is 100 Å². The number of hydrogen-bond donors (Lipinski definition) is 3. The van der Waals surface area contributed by atoms with Gasteiger partial charge in [0.1, 0.15) is 5.70 Å². The minimum Gasteiger partial charge on any atom is -0.321 e. The highest BCUT2D eigenvalue weighted by Crippen LogP contribution is 2.31. The van der Waals surface area contributed by atoms with Crippen LogP contribution >= 0.6 is 46.3 Å². The molecule has 0 spiro atoms. The molecule has 0 aliphatic heterocycles. The SMILES string of the molecule is O=C(CSc1cccc(NC(=O)/C(=C\c2ccc(-c3ccccc3)cc2)NC(=O)c2ccccc2)c1)Nc1nc(-c2ccc(Cl)c(Cl)c2)cs1. The van der Waals surface area contributed by atoms with Gasteiger partial charge in [-0.2, -0.15) is 0 Å². The van der Waals surface area contributed by atoms with Crippen molar-refractivity contribution in [2.75, 3.05) is 16.4 Å². The molecule has 0 atom stereocenters. The first-order chi connectivity index (χ1) is 24.3. The van der Waals surface area contributed by atoms with E-state index < -0.39 is 11.8 Å². The lowest BCUT2D eigenvalue weighted by atomic mass is 10.0. The van der Waals surface area contributed by atoms with Crippen LogP contribution in [0.1, 0.15) is 15.9 Å². The van der Waals surface area contributed by atoms with Crippen molar-refractivity contribution in [2.24, 2.45) is 0 Å². The maximum Gasteiger partial charge on any atom is 0.272 e. The highest BCUT2D eigenvalue weighted by atomic mass is 35.5. The molecule has 5 aromatic carbocycles. The van der Waals surface area contributed by atoms with Gasteiger partial charge in [-0.3, -0.25) is 14.4 Å². The van der Waals surface area contributed by atoms with Gasteiger partial charge in [0.05, 0.1) is 21.5 Å². The predicted octanol–water partition coefficient (Wildman–Crippen LogP) is 9.92. The number of carbonyl (C=O) groups is 3.